The van der Waals surface area contributed by atoms with Crippen molar-refractivity contribution in [2.75, 3.05) is 0 Å². The summed E-state index contributed by atoms with van der Waals surface area (Å²) in [5.41, 5.74) is 1.55. The lowest BCUT2D eigenvalue weighted by Gasteiger charge is -2.04. The van der Waals surface area contributed by atoms with E-state index in [4.69, 9.17) is 5.11 Å². The molecule has 88 valence electrons. The second-order valence-corrected chi connectivity index (χ2v) is 4.92. The van der Waals surface area contributed by atoms with Gasteiger partial charge in [0.2, 0.25) is 0 Å². The van der Waals surface area contributed by atoms with Crippen molar-refractivity contribution in [2.24, 2.45) is 0 Å². The molecule has 0 saturated heterocycles. The molecule has 0 fully saturated rings. The average molecular weight is 302 g/mol. The first kappa shape index (κ1) is 11.2. The van der Waals surface area contributed by atoms with Gasteiger partial charge in [0.25, 0.3) is 0 Å². The van der Waals surface area contributed by atoms with Crippen LogP contribution in [-0.2, 0) is 0 Å². The van der Waals surface area contributed by atoms with Crippen molar-refractivity contribution in [1.82, 2.24) is 4.98 Å². The molecule has 0 aliphatic heterocycles. The highest BCUT2D eigenvalue weighted by molar-refractivity contribution is 9.10. The number of pyridine rings is 1. The minimum absolute atomic E-state index is 0.234. The van der Waals surface area contributed by atoms with E-state index in [-0.39, 0.29) is 5.56 Å². The molecule has 1 aromatic heterocycles. The fourth-order valence-corrected chi connectivity index (χ4v) is 2.38. The first-order valence-electron chi connectivity index (χ1n) is 5.37. The van der Waals surface area contributed by atoms with Crippen LogP contribution in [0.3, 0.4) is 0 Å². The Morgan fingerprint density at radius 2 is 1.94 bits per heavy atom. The molecule has 0 bridgehead atoms. The Morgan fingerprint density at radius 1 is 1.11 bits per heavy atom. The van der Waals surface area contributed by atoms with Gasteiger partial charge in [0, 0.05) is 15.2 Å². The second-order valence-electron chi connectivity index (χ2n) is 4.01. The number of aromatic carboxylic acids is 1. The molecule has 0 aliphatic rings. The predicted molar refractivity (Wildman–Crippen MR) is 73.9 cm³/mol. The summed E-state index contributed by atoms with van der Waals surface area (Å²) in [5.74, 6) is -0.954. The summed E-state index contributed by atoms with van der Waals surface area (Å²) in [5, 5.41) is 11.0. The van der Waals surface area contributed by atoms with Gasteiger partial charge in [0.15, 0.2) is 0 Å². The highest BCUT2D eigenvalue weighted by Gasteiger charge is 2.10. The molecular formula is C14H8BrNO2. The molecule has 1 N–H and O–H groups in total. The smallest absolute Gasteiger partial charge is 0.337 e. The van der Waals surface area contributed by atoms with Gasteiger partial charge in [-0.05, 0) is 30.3 Å². The van der Waals surface area contributed by atoms with Crippen molar-refractivity contribution < 1.29 is 9.90 Å². The molecule has 0 radical (unpaired) electrons. The molecule has 0 unspecified atom stereocenters. The molecule has 0 amide bonds. The normalized spacial score (nSPS) is 10.9. The van der Waals surface area contributed by atoms with Crippen molar-refractivity contribution in [2.45, 2.75) is 0 Å². The Hall–Kier alpha value is -1.94. The number of para-hydroxylation sites is 1. The van der Waals surface area contributed by atoms with Gasteiger partial charge >= 0.3 is 5.97 Å². The first-order chi connectivity index (χ1) is 8.65. The molecule has 0 spiro atoms. The highest BCUT2D eigenvalue weighted by atomic mass is 79.9. The third-order valence-corrected chi connectivity index (χ3v) is 3.32. The molecular weight excluding hydrogens is 294 g/mol. The number of nitrogens with zero attached hydrogens (tertiary/aromatic N) is 1. The Balaban J connectivity index is 2.44. The number of aromatic nitrogens is 1. The number of carbonyl (C=O) groups is 1. The van der Waals surface area contributed by atoms with Gasteiger partial charge in [-0.25, -0.2) is 9.78 Å². The summed E-state index contributed by atoms with van der Waals surface area (Å²) in [6.45, 7) is 0. The van der Waals surface area contributed by atoms with Crippen molar-refractivity contribution in [3.8, 4) is 0 Å². The zero-order valence-corrected chi connectivity index (χ0v) is 10.8. The van der Waals surface area contributed by atoms with Crippen molar-refractivity contribution in [3.63, 3.8) is 0 Å². The maximum atomic E-state index is 11.2. The third kappa shape index (κ3) is 1.75. The highest BCUT2D eigenvalue weighted by Crippen LogP contribution is 2.24. The molecule has 0 saturated carbocycles. The van der Waals surface area contributed by atoms with Crippen LogP contribution in [0.15, 0.2) is 46.9 Å². The summed E-state index contributed by atoms with van der Waals surface area (Å²) < 4.78 is 0.977. The van der Waals surface area contributed by atoms with E-state index < -0.39 is 5.97 Å². The number of halogens is 1. The average Bonchev–Trinajstić information content (AvgIpc) is 2.35. The molecule has 18 heavy (non-hydrogen) atoms. The van der Waals surface area contributed by atoms with Gasteiger partial charge in [-0.2, -0.15) is 0 Å². The number of hydrogen-bond donors (Lipinski definition) is 1. The summed E-state index contributed by atoms with van der Waals surface area (Å²) in [4.78, 5) is 15.6. The fourth-order valence-electron chi connectivity index (χ4n) is 2.01. The topological polar surface area (TPSA) is 50.2 Å². The van der Waals surface area contributed by atoms with E-state index in [2.05, 4.69) is 20.9 Å². The molecule has 4 heteroatoms. The van der Waals surface area contributed by atoms with Crippen LogP contribution in [0.25, 0.3) is 21.8 Å². The van der Waals surface area contributed by atoms with Crippen LogP contribution >= 0.6 is 15.9 Å². The second kappa shape index (κ2) is 4.07. The fraction of sp³-hybridized carbons (Fsp3) is 0. The summed E-state index contributed by atoms with van der Waals surface area (Å²) in [7, 11) is 0. The van der Waals surface area contributed by atoms with Gasteiger partial charge in [0.1, 0.15) is 0 Å². The van der Waals surface area contributed by atoms with Crippen LogP contribution in [0.2, 0.25) is 0 Å². The maximum absolute atomic E-state index is 11.2. The van der Waals surface area contributed by atoms with Crippen LogP contribution in [0.1, 0.15) is 10.4 Å². The minimum atomic E-state index is -0.954. The number of fused-ring (bicyclic) bond motifs is 2. The van der Waals surface area contributed by atoms with Gasteiger partial charge in [-0.15, -0.1) is 0 Å². The Labute approximate surface area is 111 Å². The van der Waals surface area contributed by atoms with Gasteiger partial charge in [0.05, 0.1) is 16.6 Å². The molecule has 0 atom stereocenters. The Morgan fingerprint density at radius 3 is 2.72 bits per heavy atom. The standard InChI is InChI=1S/C14H8BrNO2/c15-10-4-5-12-9(7-10)6-8-2-1-3-11(14(17)18)13(8)16-12/h1-7H,(H,17,18). The van der Waals surface area contributed by atoms with Gasteiger partial charge in [-0.3, -0.25) is 0 Å². The van der Waals surface area contributed by atoms with E-state index >= 15 is 0 Å². The van der Waals surface area contributed by atoms with E-state index in [9.17, 15) is 4.79 Å². The quantitative estimate of drug-likeness (QED) is 0.695. The van der Waals surface area contributed by atoms with E-state index in [1.54, 1.807) is 12.1 Å². The molecule has 3 rings (SSSR count). The van der Waals surface area contributed by atoms with Crippen LogP contribution in [-0.4, -0.2) is 16.1 Å². The zero-order chi connectivity index (χ0) is 12.7. The summed E-state index contributed by atoms with van der Waals surface area (Å²) >= 11 is 3.41. The zero-order valence-electron chi connectivity index (χ0n) is 9.22. The maximum Gasteiger partial charge on any atom is 0.337 e. The first-order valence-corrected chi connectivity index (χ1v) is 6.17. The lowest BCUT2D eigenvalue weighted by molar-refractivity contribution is 0.0699. The van der Waals surface area contributed by atoms with Crippen molar-refractivity contribution >= 4 is 43.7 Å². The van der Waals surface area contributed by atoms with Crippen molar-refractivity contribution in [1.29, 1.82) is 0 Å². The van der Waals surface area contributed by atoms with Gasteiger partial charge in [-0.1, -0.05) is 28.1 Å². The predicted octanol–water partition coefficient (Wildman–Crippen LogP) is 3.85. The van der Waals surface area contributed by atoms with Crippen LogP contribution in [0.4, 0.5) is 0 Å². The Bertz CT molecular complexity index is 783. The number of rotatable bonds is 1. The lowest BCUT2D eigenvalue weighted by Crippen LogP contribution is -1.98. The number of hydrogen-bond acceptors (Lipinski definition) is 2. The molecule has 2 aromatic carbocycles. The van der Waals surface area contributed by atoms with E-state index in [0.717, 1.165) is 20.8 Å². The SMILES string of the molecule is O=C(O)c1cccc2cc3cc(Br)ccc3nc12. The number of carboxylic acids is 1. The van der Waals surface area contributed by atoms with E-state index in [1.165, 1.54) is 0 Å². The minimum Gasteiger partial charge on any atom is -0.478 e. The monoisotopic (exact) mass is 301 g/mol. The van der Waals surface area contributed by atoms with E-state index in [0.29, 0.717) is 5.52 Å². The number of carboxylic acid groups (broad SMARTS) is 1. The van der Waals surface area contributed by atoms with Crippen LogP contribution < -0.4 is 0 Å². The van der Waals surface area contributed by atoms with E-state index in [1.807, 2.05) is 30.3 Å². The summed E-state index contributed by atoms with van der Waals surface area (Å²) in [6, 6.07) is 12.9. The summed E-state index contributed by atoms with van der Waals surface area (Å²) in [6.07, 6.45) is 0. The molecule has 3 aromatic rings. The van der Waals surface area contributed by atoms with Crippen LogP contribution in [0.5, 0.6) is 0 Å². The lowest BCUT2D eigenvalue weighted by atomic mass is 10.1. The third-order valence-electron chi connectivity index (χ3n) is 2.83. The molecule has 1 heterocycles. The molecule has 0 aliphatic carbocycles. The largest absolute Gasteiger partial charge is 0.478 e. The molecule has 3 nitrogen and oxygen atoms in total. The van der Waals surface area contributed by atoms with Gasteiger partial charge < -0.3 is 5.11 Å². The van der Waals surface area contributed by atoms with Crippen LogP contribution in [0, 0.1) is 0 Å². The Kier molecular flexibility index (Phi) is 2.52. The van der Waals surface area contributed by atoms with Crippen molar-refractivity contribution in [3.05, 3.63) is 52.5 Å². The number of benzene rings is 2.